The van der Waals surface area contributed by atoms with E-state index in [1.165, 1.54) is 37.9 Å². The molecule has 104 valence electrons. The van der Waals surface area contributed by atoms with Crippen LogP contribution in [0.4, 0.5) is 0 Å². The molecule has 0 amide bonds. The summed E-state index contributed by atoms with van der Waals surface area (Å²) in [5.41, 5.74) is 0. The van der Waals surface area contributed by atoms with E-state index in [1.807, 2.05) is 0 Å². The summed E-state index contributed by atoms with van der Waals surface area (Å²) in [5, 5.41) is 7.67. The quantitative estimate of drug-likeness (QED) is 0.850. The molecular formula is C15H23N3S. The van der Waals surface area contributed by atoms with Gasteiger partial charge in [-0.15, -0.1) is 0 Å². The molecule has 4 aliphatic rings. The fourth-order valence-corrected chi connectivity index (χ4v) is 5.60. The monoisotopic (exact) mass is 277 g/mol. The van der Waals surface area contributed by atoms with E-state index < -0.39 is 0 Å². The van der Waals surface area contributed by atoms with Gasteiger partial charge in [0.05, 0.1) is 0 Å². The fourth-order valence-electron chi connectivity index (χ4n) is 5.37. The zero-order valence-electron chi connectivity index (χ0n) is 11.6. The van der Waals surface area contributed by atoms with Crippen LogP contribution >= 0.6 is 12.2 Å². The van der Waals surface area contributed by atoms with E-state index in [2.05, 4.69) is 21.7 Å². The molecule has 4 fully saturated rings. The molecule has 1 heterocycles. The van der Waals surface area contributed by atoms with E-state index in [0.29, 0.717) is 5.92 Å². The standard InChI is InChI=1S/C15H23N3S/c1-2-3-18-14(16-17-15(18)19)13-11-5-9-4-10(7-11)8-12(13)6-9/h9-13H,2-8H2,1H3,(H,17,19). The van der Waals surface area contributed by atoms with Gasteiger partial charge in [-0.05, 0) is 74.4 Å². The van der Waals surface area contributed by atoms with Crippen LogP contribution in [0.1, 0.15) is 57.2 Å². The maximum Gasteiger partial charge on any atom is 0.195 e. The first kappa shape index (κ1) is 12.1. The molecule has 4 aliphatic carbocycles. The maximum atomic E-state index is 5.42. The number of nitrogens with zero attached hydrogens (tertiary/aromatic N) is 2. The first-order valence-corrected chi connectivity index (χ1v) is 8.32. The lowest BCUT2D eigenvalue weighted by atomic mass is 9.51. The molecule has 0 aromatic carbocycles. The Morgan fingerprint density at radius 3 is 2.37 bits per heavy atom. The molecule has 0 atom stereocenters. The Balaban J connectivity index is 1.71. The molecule has 1 N–H and O–H groups in total. The lowest BCUT2D eigenvalue weighted by Gasteiger charge is -2.54. The minimum Gasteiger partial charge on any atom is -0.304 e. The van der Waals surface area contributed by atoms with Crippen LogP contribution in [0.5, 0.6) is 0 Å². The van der Waals surface area contributed by atoms with Gasteiger partial charge in [0.15, 0.2) is 4.77 Å². The average Bonchev–Trinajstić information content (AvgIpc) is 2.71. The Hall–Kier alpha value is -0.640. The second-order valence-corrected chi connectivity index (χ2v) is 7.38. The molecule has 0 radical (unpaired) electrons. The Morgan fingerprint density at radius 1 is 1.16 bits per heavy atom. The Bertz CT molecular complexity index is 502. The number of aromatic nitrogens is 3. The van der Waals surface area contributed by atoms with Crippen LogP contribution in [0.15, 0.2) is 0 Å². The van der Waals surface area contributed by atoms with Crippen molar-refractivity contribution in [3.05, 3.63) is 10.6 Å². The number of rotatable bonds is 3. The van der Waals surface area contributed by atoms with E-state index in [-0.39, 0.29) is 0 Å². The van der Waals surface area contributed by atoms with Gasteiger partial charge in [-0.3, -0.25) is 5.10 Å². The lowest BCUT2D eigenvalue weighted by Crippen LogP contribution is -2.44. The zero-order valence-corrected chi connectivity index (χ0v) is 12.5. The summed E-state index contributed by atoms with van der Waals surface area (Å²) < 4.78 is 3.10. The predicted molar refractivity (Wildman–Crippen MR) is 77.5 cm³/mol. The summed E-state index contributed by atoms with van der Waals surface area (Å²) in [6.45, 7) is 3.24. The van der Waals surface area contributed by atoms with E-state index in [4.69, 9.17) is 12.2 Å². The van der Waals surface area contributed by atoms with E-state index in [0.717, 1.165) is 41.4 Å². The third-order valence-corrected chi connectivity index (χ3v) is 6.07. The second-order valence-electron chi connectivity index (χ2n) is 7.00. The highest BCUT2D eigenvalue weighted by atomic mass is 32.1. The van der Waals surface area contributed by atoms with E-state index >= 15 is 0 Å². The van der Waals surface area contributed by atoms with Gasteiger partial charge in [0.25, 0.3) is 0 Å². The Labute approximate surface area is 119 Å². The molecule has 3 nitrogen and oxygen atoms in total. The normalized spacial score (nSPS) is 39.9. The highest BCUT2D eigenvalue weighted by molar-refractivity contribution is 7.71. The lowest BCUT2D eigenvalue weighted by molar-refractivity contribution is -0.00691. The first-order chi connectivity index (χ1) is 9.26. The van der Waals surface area contributed by atoms with Gasteiger partial charge in [-0.2, -0.15) is 5.10 Å². The van der Waals surface area contributed by atoms with Crippen LogP contribution in [0.2, 0.25) is 0 Å². The molecule has 19 heavy (non-hydrogen) atoms. The topological polar surface area (TPSA) is 33.6 Å². The van der Waals surface area contributed by atoms with Crippen LogP contribution in [0, 0.1) is 28.4 Å². The van der Waals surface area contributed by atoms with Crippen molar-refractivity contribution >= 4 is 12.2 Å². The summed E-state index contributed by atoms with van der Waals surface area (Å²) in [4.78, 5) is 0. The third kappa shape index (κ3) is 1.83. The molecule has 0 aliphatic heterocycles. The van der Waals surface area contributed by atoms with Gasteiger partial charge in [-0.25, -0.2) is 0 Å². The van der Waals surface area contributed by atoms with Crippen LogP contribution in [0.25, 0.3) is 0 Å². The molecule has 0 unspecified atom stereocenters. The van der Waals surface area contributed by atoms with Crippen LogP contribution < -0.4 is 0 Å². The largest absolute Gasteiger partial charge is 0.304 e. The average molecular weight is 277 g/mol. The molecule has 1 aromatic rings. The molecule has 0 spiro atoms. The second kappa shape index (κ2) is 4.44. The van der Waals surface area contributed by atoms with Crippen molar-refractivity contribution in [2.75, 3.05) is 0 Å². The van der Waals surface area contributed by atoms with Crippen molar-refractivity contribution in [3.63, 3.8) is 0 Å². The summed E-state index contributed by atoms with van der Waals surface area (Å²) in [7, 11) is 0. The van der Waals surface area contributed by atoms with Crippen LogP contribution in [0.3, 0.4) is 0 Å². The maximum absolute atomic E-state index is 5.42. The molecule has 4 bridgehead atoms. The molecule has 4 heteroatoms. The van der Waals surface area contributed by atoms with Crippen LogP contribution in [-0.2, 0) is 6.54 Å². The SMILES string of the molecule is CCCn1c(C2C3CC4CC(C3)CC2C4)n[nH]c1=S. The van der Waals surface area contributed by atoms with Crippen LogP contribution in [-0.4, -0.2) is 14.8 Å². The summed E-state index contributed by atoms with van der Waals surface area (Å²) in [5.74, 6) is 5.79. The van der Waals surface area contributed by atoms with Gasteiger partial charge in [0.1, 0.15) is 5.82 Å². The summed E-state index contributed by atoms with van der Waals surface area (Å²) >= 11 is 5.42. The summed E-state index contributed by atoms with van der Waals surface area (Å²) in [6.07, 6.45) is 8.44. The van der Waals surface area contributed by atoms with Gasteiger partial charge >= 0.3 is 0 Å². The number of aromatic amines is 1. The highest BCUT2D eigenvalue weighted by Crippen LogP contribution is 2.59. The molecule has 1 aromatic heterocycles. The van der Waals surface area contributed by atoms with Crippen molar-refractivity contribution in [1.29, 1.82) is 0 Å². The van der Waals surface area contributed by atoms with Gasteiger partial charge < -0.3 is 4.57 Å². The van der Waals surface area contributed by atoms with Gasteiger partial charge in [0, 0.05) is 12.5 Å². The number of H-pyrrole nitrogens is 1. The minimum absolute atomic E-state index is 0.687. The third-order valence-electron chi connectivity index (χ3n) is 5.76. The highest BCUT2D eigenvalue weighted by Gasteiger charge is 2.50. The fraction of sp³-hybridized carbons (Fsp3) is 0.867. The summed E-state index contributed by atoms with van der Waals surface area (Å²) in [6, 6.07) is 0. The number of hydrogen-bond acceptors (Lipinski definition) is 2. The molecule has 0 saturated heterocycles. The van der Waals surface area contributed by atoms with Crippen molar-refractivity contribution in [3.8, 4) is 0 Å². The van der Waals surface area contributed by atoms with Gasteiger partial charge in [0.2, 0.25) is 0 Å². The Kier molecular flexibility index (Phi) is 2.83. The van der Waals surface area contributed by atoms with Gasteiger partial charge in [-0.1, -0.05) is 6.92 Å². The Morgan fingerprint density at radius 2 is 1.79 bits per heavy atom. The minimum atomic E-state index is 0.687. The zero-order chi connectivity index (χ0) is 13.0. The molecular weight excluding hydrogens is 254 g/mol. The van der Waals surface area contributed by atoms with E-state index in [9.17, 15) is 0 Å². The number of hydrogen-bond donors (Lipinski definition) is 1. The van der Waals surface area contributed by atoms with Crippen molar-refractivity contribution < 1.29 is 0 Å². The van der Waals surface area contributed by atoms with Crippen molar-refractivity contribution in [1.82, 2.24) is 14.8 Å². The van der Waals surface area contributed by atoms with E-state index in [1.54, 1.807) is 0 Å². The van der Waals surface area contributed by atoms with Crippen molar-refractivity contribution in [2.24, 2.45) is 23.7 Å². The molecule has 4 saturated carbocycles. The smallest absolute Gasteiger partial charge is 0.195 e. The van der Waals surface area contributed by atoms with Crippen molar-refractivity contribution in [2.45, 2.75) is 57.9 Å². The number of nitrogens with one attached hydrogen (secondary N) is 1. The predicted octanol–water partition coefficient (Wildman–Crippen LogP) is 3.89. The first-order valence-electron chi connectivity index (χ1n) is 7.91. The molecule has 5 rings (SSSR count).